The third-order valence-electron chi connectivity index (χ3n) is 7.27. The van der Waals surface area contributed by atoms with E-state index in [1.165, 1.54) is 32.1 Å². The van der Waals surface area contributed by atoms with Gasteiger partial charge < -0.3 is 20.1 Å². The van der Waals surface area contributed by atoms with Gasteiger partial charge in [0.1, 0.15) is 0 Å². The maximum atomic E-state index is 12.9. The lowest BCUT2D eigenvalue weighted by molar-refractivity contribution is -0.0114. The molecule has 1 aromatic carbocycles. The Labute approximate surface area is 183 Å². The number of rotatable bonds is 8. The molecule has 4 saturated carbocycles. The Morgan fingerprint density at radius 1 is 1.10 bits per heavy atom. The molecular formula is C24H32N4O3. The minimum atomic E-state index is -0.370. The van der Waals surface area contributed by atoms with Crippen LogP contribution in [-0.4, -0.2) is 42.2 Å². The van der Waals surface area contributed by atoms with Gasteiger partial charge >= 0.3 is 6.09 Å². The maximum absolute atomic E-state index is 12.9. The molecule has 6 rings (SSSR count). The summed E-state index contributed by atoms with van der Waals surface area (Å²) in [6, 6.07) is 10.1. The Bertz CT molecular complexity index is 869. The van der Waals surface area contributed by atoms with Crippen molar-refractivity contribution in [2.75, 3.05) is 25.6 Å². The maximum Gasteiger partial charge on any atom is 0.413 e. The molecule has 2 N–H and O–H groups in total. The number of anilines is 1. The van der Waals surface area contributed by atoms with Crippen LogP contribution in [0.3, 0.4) is 0 Å². The summed E-state index contributed by atoms with van der Waals surface area (Å²) in [5, 5.41) is 11.1. The topological polar surface area (TPSA) is 77.4 Å². The lowest BCUT2D eigenvalue weighted by Crippen LogP contribution is -2.56. The van der Waals surface area contributed by atoms with Gasteiger partial charge in [-0.2, -0.15) is 5.10 Å². The van der Waals surface area contributed by atoms with E-state index in [0.717, 1.165) is 23.9 Å². The SMILES string of the molecule is COCCCNc1c(OC(=O)NC2C3CC4CC(C3)CC2C4)cnn1-c1ccccc1. The average molecular weight is 425 g/mol. The molecule has 7 nitrogen and oxygen atoms in total. The molecule has 1 aromatic heterocycles. The second kappa shape index (κ2) is 8.91. The molecule has 0 saturated heterocycles. The van der Waals surface area contributed by atoms with Gasteiger partial charge in [0.2, 0.25) is 0 Å². The third-order valence-corrected chi connectivity index (χ3v) is 7.27. The summed E-state index contributed by atoms with van der Waals surface area (Å²) in [6.45, 7) is 1.36. The number of aromatic nitrogens is 2. The summed E-state index contributed by atoms with van der Waals surface area (Å²) in [5.74, 6) is 4.11. The number of ether oxygens (including phenoxy) is 2. The second-order valence-corrected chi connectivity index (χ2v) is 9.37. The van der Waals surface area contributed by atoms with E-state index in [9.17, 15) is 4.79 Å². The molecule has 166 valence electrons. The molecule has 4 aliphatic carbocycles. The zero-order valence-electron chi connectivity index (χ0n) is 18.1. The molecule has 0 unspecified atom stereocenters. The largest absolute Gasteiger partial charge is 0.413 e. The van der Waals surface area contributed by atoms with Crippen molar-refractivity contribution in [1.29, 1.82) is 0 Å². The van der Waals surface area contributed by atoms with Crippen molar-refractivity contribution < 1.29 is 14.3 Å². The van der Waals surface area contributed by atoms with E-state index in [4.69, 9.17) is 9.47 Å². The lowest BCUT2D eigenvalue weighted by Gasteiger charge is -2.54. The molecule has 0 atom stereocenters. The van der Waals surface area contributed by atoms with E-state index < -0.39 is 0 Å². The van der Waals surface area contributed by atoms with Gasteiger partial charge in [-0.15, -0.1) is 0 Å². The minimum Gasteiger partial charge on any atom is -0.405 e. The Morgan fingerprint density at radius 3 is 2.48 bits per heavy atom. The monoisotopic (exact) mass is 424 g/mol. The summed E-state index contributed by atoms with van der Waals surface area (Å²) < 4.78 is 12.7. The highest BCUT2D eigenvalue weighted by molar-refractivity contribution is 5.73. The molecule has 4 aliphatic rings. The van der Waals surface area contributed by atoms with Crippen LogP contribution in [0.25, 0.3) is 5.69 Å². The molecule has 0 radical (unpaired) electrons. The zero-order valence-corrected chi connectivity index (χ0v) is 18.1. The first kappa shape index (κ1) is 20.4. The van der Waals surface area contributed by atoms with Crippen LogP contribution >= 0.6 is 0 Å². The predicted molar refractivity (Wildman–Crippen MR) is 119 cm³/mol. The Kier molecular flexibility index (Phi) is 5.85. The van der Waals surface area contributed by atoms with E-state index >= 15 is 0 Å². The molecular weight excluding hydrogens is 392 g/mol. The van der Waals surface area contributed by atoms with Crippen molar-refractivity contribution in [3.05, 3.63) is 36.5 Å². The van der Waals surface area contributed by atoms with Gasteiger partial charge in [-0.3, -0.25) is 0 Å². The number of amides is 1. The van der Waals surface area contributed by atoms with Gasteiger partial charge in [0.15, 0.2) is 11.6 Å². The van der Waals surface area contributed by atoms with Crippen LogP contribution in [-0.2, 0) is 4.74 Å². The van der Waals surface area contributed by atoms with Gasteiger partial charge in [0, 0.05) is 26.3 Å². The number of nitrogens with zero attached hydrogens (tertiary/aromatic N) is 2. The van der Waals surface area contributed by atoms with E-state index in [2.05, 4.69) is 15.7 Å². The molecule has 1 heterocycles. The minimum absolute atomic E-state index is 0.252. The zero-order chi connectivity index (χ0) is 21.2. The van der Waals surface area contributed by atoms with Gasteiger partial charge in [0.25, 0.3) is 0 Å². The molecule has 0 spiro atoms. The van der Waals surface area contributed by atoms with Crippen molar-refractivity contribution in [2.24, 2.45) is 23.7 Å². The molecule has 1 amide bonds. The first-order valence-electron chi connectivity index (χ1n) is 11.6. The molecule has 31 heavy (non-hydrogen) atoms. The van der Waals surface area contributed by atoms with Crippen molar-refractivity contribution >= 4 is 11.9 Å². The highest BCUT2D eigenvalue weighted by Gasteiger charge is 2.48. The Morgan fingerprint density at radius 2 is 1.81 bits per heavy atom. The smallest absolute Gasteiger partial charge is 0.405 e. The second-order valence-electron chi connectivity index (χ2n) is 9.37. The third kappa shape index (κ3) is 4.28. The van der Waals surface area contributed by atoms with Crippen LogP contribution in [0.5, 0.6) is 5.75 Å². The van der Waals surface area contributed by atoms with Crippen LogP contribution in [0.1, 0.15) is 38.5 Å². The standard InChI is InChI=1S/C24H32N4O3/c1-30-9-5-8-25-23-21(15-26-28(23)20-6-3-2-4-7-20)31-24(29)27-22-18-11-16-10-17(13-18)14-19(22)12-16/h2-4,6-7,15-19,22,25H,5,8-14H2,1H3,(H,27,29). The number of benzene rings is 1. The van der Waals surface area contributed by atoms with E-state index in [0.29, 0.717) is 36.6 Å². The number of carbonyl (C=O) groups excluding carboxylic acids is 1. The first-order valence-corrected chi connectivity index (χ1v) is 11.6. The fourth-order valence-electron chi connectivity index (χ4n) is 6.18. The summed E-state index contributed by atoms with van der Waals surface area (Å²) in [4.78, 5) is 12.9. The van der Waals surface area contributed by atoms with Crippen molar-refractivity contribution in [3.63, 3.8) is 0 Å². The Balaban J connectivity index is 1.29. The molecule has 0 aliphatic heterocycles. The normalized spacial score (nSPS) is 28.5. The number of hydrogen-bond acceptors (Lipinski definition) is 5. The highest BCUT2D eigenvalue weighted by Crippen LogP contribution is 2.53. The highest BCUT2D eigenvalue weighted by atomic mass is 16.6. The van der Waals surface area contributed by atoms with Crippen molar-refractivity contribution in [2.45, 2.75) is 44.6 Å². The summed E-state index contributed by atoms with van der Waals surface area (Å²) in [7, 11) is 1.69. The van der Waals surface area contributed by atoms with Crippen LogP contribution in [0.2, 0.25) is 0 Å². The summed E-state index contributed by atoms with van der Waals surface area (Å²) in [6.07, 6.45) is 8.53. The average Bonchev–Trinajstić information content (AvgIpc) is 3.16. The van der Waals surface area contributed by atoms with Gasteiger partial charge in [-0.25, -0.2) is 9.48 Å². The van der Waals surface area contributed by atoms with Gasteiger partial charge in [0.05, 0.1) is 11.9 Å². The van der Waals surface area contributed by atoms with Crippen LogP contribution in [0.15, 0.2) is 36.5 Å². The molecule has 7 heteroatoms. The predicted octanol–water partition coefficient (Wildman–Crippen LogP) is 4.23. The first-order chi connectivity index (χ1) is 15.2. The summed E-state index contributed by atoms with van der Waals surface area (Å²) in [5.41, 5.74) is 0.910. The fraction of sp³-hybridized carbons (Fsp3) is 0.583. The number of hydrogen-bond donors (Lipinski definition) is 2. The Hall–Kier alpha value is -2.54. The van der Waals surface area contributed by atoms with Gasteiger partial charge in [-0.05, 0) is 74.3 Å². The molecule has 4 fully saturated rings. The van der Waals surface area contributed by atoms with Crippen molar-refractivity contribution in [1.82, 2.24) is 15.1 Å². The number of carbonyl (C=O) groups is 1. The molecule has 4 bridgehead atoms. The van der Waals surface area contributed by atoms with Gasteiger partial charge in [-0.1, -0.05) is 18.2 Å². The lowest BCUT2D eigenvalue weighted by atomic mass is 9.54. The van der Waals surface area contributed by atoms with E-state index in [1.54, 1.807) is 18.0 Å². The van der Waals surface area contributed by atoms with E-state index in [1.807, 2.05) is 30.3 Å². The number of methoxy groups -OCH3 is 1. The fourth-order valence-corrected chi connectivity index (χ4v) is 6.18. The van der Waals surface area contributed by atoms with Crippen LogP contribution in [0, 0.1) is 23.7 Å². The summed E-state index contributed by atoms with van der Waals surface area (Å²) >= 11 is 0. The van der Waals surface area contributed by atoms with Crippen LogP contribution < -0.4 is 15.4 Å². The number of nitrogens with one attached hydrogen (secondary N) is 2. The van der Waals surface area contributed by atoms with E-state index in [-0.39, 0.29) is 12.1 Å². The van der Waals surface area contributed by atoms with Crippen LogP contribution in [0.4, 0.5) is 10.6 Å². The van der Waals surface area contributed by atoms with Crippen molar-refractivity contribution in [3.8, 4) is 11.4 Å². The number of para-hydroxylation sites is 1. The molecule has 2 aromatic rings. The quantitative estimate of drug-likeness (QED) is 0.620.